The van der Waals surface area contributed by atoms with Crippen LogP contribution in [0.4, 0.5) is 28.8 Å². The van der Waals surface area contributed by atoms with Crippen LogP contribution in [0.25, 0.3) is 0 Å². The normalized spacial score (nSPS) is 13.4. The Bertz CT molecular complexity index is 1100. The smallest absolute Gasteiger partial charge is 0.229 e. The molecule has 1 aliphatic rings. The average molecular weight is 453 g/mol. The quantitative estimate of drug-likeness (QED) is 0.518. The van der Waals surface area contributed by atoms with Crippen molar-refractivity contribution in [3.63, 3.8) is 0 Å². The number of benzene rings is 2. The number of likely N-dealkylation sites (N-methyl/N-ethyl adjacent to an activating group) is 1. The third-order valence-electron chi connectivity index (χ3n) is 5.43. The number of fused-ring (bicyclic) bond motifs is 1. The molecular weight excluding hydrogens is 424 g/mol. The monoisotopic (exact) mass is 452 g/mol. The Hall–Kier alpha value is -3.03. The van der Waals surface area contributed by atoms with Crippen molar-refractivity contribution in [3.05, 3.63) is 58.7 Å². The van der Waals surface area contributed by atoms with E-state index in [1.54, 1.807) is 6.20 Å². The molecule has 0 amide bonds. The first-order valence-electron chi connectivity index (χ1n) is 10.7. The van der Waals surface area contributed by atoms with Crippen LogP contribution in [0.1, 0.15) is 18.1 Å². The Kier molecular flexibility index (Phi) is 6.67. The second kappa shape index (κ2) is 9.63. The highest BCUT2D eigenvalue weighted by Gasteiger charge is 2.18. The van der Waals surface area contributed by atoms with Crippen molar-refractivity contribution >= 4 is 40.4 Å². The first kappa shape index (κ1) is 22.2. The summed E-state index contributed by atoms with van der Waals surface area (Å²) in [7, 11) is 6.13. The van der Waals surface area contributed by atoms with Gasteiger partial charge in [0.05, 0.1) is 29.9 Å². The molecule has 0 fully saturated rings. The number of anilines is 5. The molecule has 3 aromatic rings. The molecule has 0 aliphatic carbocycles. The van der Waals surface area contributed by atoms with Gasteiger partial charge in [0.25, 0.3) is 0 Å². The molecule has 0 spiro atoms. The summed E-state index contributed by atoms with van der Waals surface area (Å²) >= 11 is 6.41. The van der Waals surface area contributed by atoms with Crippen molar-refractivity contribution in [1.82, 2.24) is 14.9 Å². The van der Waals surface area contributed by atoms with E-state index in [0.29, 0.717) is 23.4 Å². The van der Waals surface area contributed by atoms with Crippen LogP contribution in [0.15, 0.2) is 42.6 Å². The Morgan fingerprint density at radius 1 is 1.12 bits per heavy atom. The molecule has 8 heteroatoms. The van der Waals surface area contributed by atoms with Gasteiger partial charge in [0.15, 0.2) is 5.82 Å². The first-order valence-corrected chi connectivity index (χ1v) is 11.1. The number of halogens is 1. The van der Waals surface area contributed by atoms with Crippen molar-refractivity contribution in [3.8, 4) is 5.75 Å². The molecule has 2 aromatic carbocycles. The second-order valence-corrected chi connectivity index (χ2v) is 8.50. The van der Waals surface area contributed by atoms with Gasteiger partial charge in [-0.25, -0.2) is 4.98 Å². The molecule has 0 saturated carbocycles. The van der Waals surface area contributed by atoms with E-state index in [-0.39, 0.29) is 0 Å². The number of aromatic nitrogens is 2. The van der Waals surface area contributed by atoms with Crippen LogP contribution in [0.2, 0.25) is 5.02 Å². The molecule has 2 N–H and O–H groups in total. The van der Waals surface area contributed by atoms with Crippen LogP contribution in [-0.2, 0) is 13.0 Å². The summed E-state index contributed by atoms with van der Waals surface area (Å²) in [6, 6.07) is 12.3. The van der Waals surface area contributed by atoms with Gasteiger partial charge in [-0.05, 0) is 55.8 Å². The van der Waals surface area contributed by atoms with Crippen LogP contribution < -0.4 is 20.3 Å². The largest absolute Gasteiger partial charge is 0.492 e. The maximum atomic E-state index is 6.41. The van der Waals surface area contributed by atoms with E-state index in [1.807, 2.05) is 50.2 Å². The molecule has 32 heavy (non-hydrogen) atoms. The van der Waals surface area contributed by atoms with E-state index < -0.39 is 0 Å². The molecule has 0 saturated heterocycles. The Morgan fingerprint density at radius 3 is 2.72 bits per heavy atom. The number of rotatable bonds is 7. The second-order valence-electron chi connectivity index (χ2n) is 8.09. The van der Waals surface area contributed by atoms with E-state index in [9.17, 15) is 0 Å². The molecular formula is C24H29ClN6O. The molecule has 0 bridgehead atoms. The molecule has 0 radical (unpaired) electrons. The average Bonchev–Trinajstić information content (AvgIpc) is 2.77. The Morgan fingerprint density at radius 2 is 1.94 bits per heavy atom. The van der Waals surface area contributed by atoms with Gasteiger partial charge in [-0.15, -0.1) is 0 Å². The lowest BCUT2D eigenvalue weighted by molar-refractivity contribution is 0.310. The lowest BCUT2D eigenvalue weighted by Crippen LogP contribution is -2.26. The number of hydrogen-bond donors (Lipinski definition) is 2. The fourth-order valence-corrected chi connectivity index (χ4v) is 3.97. The number of ether oxygens (including phenoxy) is 1. The number of para-hydroxylation sites is 2. The Balaban J connectivity index is 1.64. The minimum Gasteiger partial charge on any atom is -0.492 e. The number of nitrogens with one attached hydrogen (secondary N) is 2. The maximum absolute atomic E-state index is 6.41. The molecule has 0 atom stereocenters. The summed E-state index contributed by atoms with van der Waals surface area (Å²) in [5.41, 5.74) is 5.42. The van der Waals surface area contributed by atoms with Gasteiger partial charge in [-0.3, -0.25) is 0 Å². The van der Waals surface area contributed by atoms with Gasteiger partial charge in [0.1, 0.15) is 10.8 Å². The molecule has 4 rings (SSSR count). The zero-order valence-electron chi connectivity index (χ0n) is 18.9. The van der Waals surface area contributed by atoms with Gasteiger partial charge in [-0.2, -0.15) is 4.98 Å². The van der Waals surface area contributed by atoms with Crippen molar-refractivity contribution in [2.24, 2.45) is 0 Å². The molecule has 1 aromatic heterocycles. The van der Waals surface area contributed by atoms with Gasteiger partial charge in [0, 0.05) is 27.2 Å². The van der Waals surface area contributed by atoms with Crippen LogP contribution >= 0.6 is 11.6 Å². The molecule has 1 aliphatic heterocycles. The molecule has 0 unspecified atom stereocenters. The van der Waals surface area contributed by atoms with E-state index in [1.165, 1.54) is 11.1 Å². The number of hydrogen-bond acceptors (Lipinski definition) is 7. The standard InChI is InChI=1S/C24H29ClN6O/c1-5-32-22-13-16-10-11-31(4)15-17(16)12-20(22)28-24-26-14-18(25)23(29-24)27-19-8-6-7-9-21(19)30(2)3/h6-9,12-14H,5,10-11,15H2,1-4H3,(H2,26,27,28,29). The summed E-state index contributed by atoms with van der Waals surface area (Å²) in [6.45, 7) is 4.53. The highest BCUT2D eigenvalue weighted by Crippen LogP contribution is 2.34. The van der Waals surface area contributed by atoms with Crippen molar-refractivity contribution in [2.45, 2.75) is 19.9 Å². The lowest BCUT2D eigenvalue weighted by atomic mass is 9.99. The zero-order chi connectivity index (χ0) is 22.7. The van der Waals surface area contributed by atoms with Gasteiger partial charge >= 0.3 is 0 Å². The predicted octanol–water partition coefficient (Wildman–Crippen LogP) is 5.07. The minimum atomic E-state index is 0.446. The molecule has 168 valence electrons. The highest BCUT2D eigenvalue weighted by atomic mass is 35.5. The summed E-state index contributed by atoms with van der Waals surface area (Å²) in [4.78, 5) is 13.4. The van der Waals surface area contributed by atoms with Crippen LogP contribution in [0.3, 0.4) is 0 Å². The third kappa shape index (κ3) is 4.89. The molecule has 7 nitrogen and oxygen atoms in total. The Labute approximate surface area is 194 Å². The summed E-state index contributed by atoms with van der Waals surface area (Å²) in [5, 5.41) is 7.13. The van der Waals surface area contributed by atoms with Crippen LogP contribution in [0, 0.1) is 0 Å². The topological polar surface area (TPSA) is 65.5 Å². The highest BCUT2D eigenvalue weighted by molar-refractivity contribution is 6.33. The summed E-state index contributed by atoms with van der Waals surface area (Å²) < 4.78 is 5.91. The van der Waals surface area contributed by atoms with Crippen LogP contribution in [-0.4, -0.2) is 49.2 Å². The van der Waals surface area contributed by atoms with E-state index in [2.05, 4.69) is 44.7 Å². The van der Waals surface area contributed by atoms with Crippen LogP contribution in [0.5, 0.6) is 5.75 Å². The van der Waals surface area contributed by atoms with E-state index in [0.717, 1.165) is 42.3 Å². The van der Waals surface area contributed by atoms with Crippen molar-refractivity contribution in [2.75, 3.05) is 49.8 Å². The van der Waals surface area contributed by atoms with E-state index in [4.69, 9.17) is 16.3 Å². The van der Waals surface area contributed by atoms with Gasteiger partial charge in [-0.1, -0.05) is 23.7 Å². The van der Waals surface area contributed by atoms with Gasteiger partial charge < -0.3 is 25.2 Å². The van der Waals surface area contributed by atoms with Crippen molar-refractivity contribution < 1.29 is 4.74 Å². The fourth-order valence-electron chi connectivity index (χ4n) is 3.83. The molecule has 2 heterocycles. The minimum absolute atomic E-state index is 0.446. The first-order chi connectivity index (χ1) is 15.4. The SMILES string of the molecule is CCOc1cc2c(cc1Nc1ncc(Cl)c(Nc3ccccc3N(C)C)n1)CN(C)CC2. The summed E-state index contributed by atoms with van der Waals surface area (Å²) in [6.07, 6.45) is 2.62. The van der Waals surface area contributed by atoms with Gasteiger partial charge in [0.2, 0.25) is 5.95 Å². The van der Waals surface area contributed by atoms with E-state index >= 15 is 0 Å². The number of nitrogens with zero attached hydrogens (tertiary/aromatic N) is 4. The zero-order valence-corrected chi connectivity index (χ0v) is 19.7. The maximum Gasteiger partial charge on any atom is 0.229 e. The summed E-state index contributed by atoms with van der Waals surface area (Å²) in [5.74, 6) is 1.79. The lowest BCUT2D eigenvalue weighted by Gasteiger charge is -2.26. The van der Waals surface area contributed by atoms with Crippen molar-refractivity contribution in [1.29, 1.82) is 0 Å². The predicted molar refractivity (Wildman–Crippen MR) is 132 cm³/mol. The fraction of sp³-hybridized carbons (Fsp3) is 0.333. The third-order valence-corrected chi connectivity index (χ3v) is 5.71.